The van der Waals surface area contributed by atoms with Gasteiger partial charge in [-0.05, 0) is 37.0 Å². The maximum absolute atomic E-state index is 13.0. The summed E-state index contributed by atoms with van der Waals surface area (Å²) in [5.41, 5.74) is -1.19. The molecule has 0 saturated carbocycles. The standard InChI is InChI=1S/C17H22ClF3N2O3S/c1-11(2)10-22-16(24)12-5-7-23(8-6-12)27(25,26)13-3-4-15(18)14(9-13)17(19,20)21/h3-4,9,11-12H,5-8,10H2,1-2H3,(H,22,24). The van der Waals surface area contributed by atoms with Crippen molar-refractivity contribution in [2.45, 2.75) is 37.8 Å². The zero-order valence-corrected chi connectivity index (χ0v) is 16.6. The molecular weight excluding hydrogens is 405 g/mol. The Bertz CT molecular complexity index is 789. The van der Waals surface area contributed by atoms with E-state index in [1.807, 2.05) is 13.8 Å². The van der Waals surface area contributed by atoms with E-state index < -0.39 is 31.7 Å². The molecule has 1 heterocycles. The van der Waals surface area contributed by atoms with Gasteiger partial charge in [-0.25, -0.2) is 8.42 Å². The molecule has 0 unspecified atom stereocenters. The third kappa shape index (κ3) is 5.36. The van der Waals surface area contributed by atoms with Gasteiger partial charge < -0.3 is 5.32 Å². The number of nitrogens with zero attached hydrogens (tertiary/aromatic N) is 1. The molecule has 27 heavy (non-hydrogen) atoms. The van der Waals surface area contributed by atoms with Crippen LogP contribution in [-0.4, -0.2) is 38.3 Å². The first-order valence-corrected chi connectivity index (χ1v) is 10.4. The lowest BCUT2D eigenvalue weighted by atomic mass is 9.97. The molecule has 5 nitrogen and oxygen atoms in total. The SMILES string of the molecule is CC(C)CNC(=O)C1CCN(S(=O)(=O)c2ccc(Cl)c(C(F)(F)F)c2)CC1. The van der Waals surface area contributed by atoms with E-state index in [-0.39, 0.29) is 24.9 Å². The molecule has 0 bridgehead atoms. The Hall–Kier alpha value is -1.32. The fourth-order valence-corrected chi connectivity index (χ4v) is 4.56. The molecule has 0 atom stereocenters. The predicted molar refractivity (Wildman–Crippen MR) is 95.8 cm³/mol. The van der Waals surface area contributed by atoms with Crippen LogP contribution in [0.25, 0.3) is 0 Å². The summed E-state index contributed by atoms with van der Waals surface area (Å²) in [5, 5.41) is 2.27. The molecular formula is C17H22ClF3N2O3S. The van der Waals surface area contributed by atoms with E-state index in [9.17, 15) is 26.4 Å². The van der Waals surface area contributed by atoms with Crippen LogP contribution in [0.1, 0.15) is 32.3 Å². The molecule has 1 aromatic carbocycles. The summed E-state index contributed by atoms with van der Waals surface area (Å²) in [4.78, 5) is 11.6. The topological polar surface area (TPSA) is 66.5 Å². The number of piperidine rings is 1. The predicted octanol–water partition coefficient (Wildman–Crippen LogP) is 3.53. The van der Waals surface area contributed by atoms with Crippen molar-refractivity contribution < 1.29 is 26.4 Å². The van der Waals surface area contributed by atoms with Gasteiger partial charge in [-0.1, -0.05) is 25.4 Å². The summed E-state index contributed by atoms with van der Waals surface area (Å²) in [7, 11) is -4.09. The van der Waals surface area contributed by atoms with Gasteiger partial charge in [0.15, 0.2) is 0 Å². The minimum Gasteiger partial charge on any atom is -0.356 e. The van der Waals surface area contributed by atoms with Crippen molar-refractivity contribution >= 4 is 27.5 Å². The Labute approximate surface area is 161 Å². The Balaban J connectivity index is 2.10. The van der Waals surface area contributed by atoms with Gasteiger partial charge in [-0.2, -0.15) is 17.5 Å². The van der Waals surface area contributed by atoms with Gasteiger partial charge in [0.05, 0.1) is 15.5 Å². The van der Waals surface area contributed by atoms with Gasteiger partial charge >= 0.3 is 6.18 Å². The Morgan fingerprint density at radius 1 is 1.30 bits per heavy atom. The van der Waals surface area contributed by atoms with E-state index in [2.05, 4.69) is 5.32 Å². The van der Waals surface area contributed by atoms with Crippen molar-refractivity contribution in [3.8, 4) is 0 Å². The number of rotatable bonds is 5. The highest BCUT2D eigenvalue weighted by molar-refractivity contribution is 7.89. The quantitative estimate of drug-likeness (QED) is 0.783. The van der Waals surface area contributed by atoms with Crippen LogP contribution in [0, 0.1) is 11.8 Å². The third-order valence-electron chi connectivity index (χ3n) is 4.39. The van der Waals surface area contributed by atoms with Crippen molar-refractivity contribution in [1.29, 1.82) is 0 Å². The smallest absolute Gasteiger partial charge is 0.356 e. The van der Waals surface area contributed by atoms with E-state index in [1.54, 1.807) is 0 Å². The summed E-state index contributed by atoms with van der Waals surface area (Å²) < 4.78 is 65.5. The van der Waals surface area contributed by atoms with Crippen LogP contribution in [0.4, 0.5) is 13.2 Å². The molecule has 1 aliphatic rings. The minimum atomic E-state index is -4.75. The van der Waals surface area contributed by atoms with Crippen LogP contribution in [0.3, 0.4) is 0 Å². The van der Waals surface area contributed by atoms with Gasteiger partial charge in [0.1, 0.15) is 0 Å². The summed E-state index contributed by atoms with van der Waals surface area (Å²) in [6, 6.07) is 2.55. The number of carbonyl (C=O) groups is 1. The number of sulfonamides is 1. The maximum Gasteiger partial charge on any atom is 0.417 e. The molecule has 10 heteroatoms. The molecule has 1 aromatic rings. The number of nitrogens with one attached hydrogen (secondary N) is 1. The second-order valence-corrected chi connectivity index (χ2v) is 9.30. The van der Waals surface area contributed by atoms with E-state index in [0.717, 1.165) is 16.4 Å². The lowest BCUT2D eigenvalue weighted by Crippen LogP contribution is -2.43. The number of benzene rings is 1. The number of hydrogen-bond donors (Lipinski definition) is 1. The van der Waals surface area contributed by atoms with Crippen molar-refractivity contribution in [1.82, 2.24) is 9.62 Å². The first kappa shape index (κ1) is 22.0. The van der Waals surface area contributed by atoms with Crippen molar-refractivity contribution in [2.75, 3.05) is 19.6 Å². The van der Waals surface area contributed by atoms with Crippen LogP contribution < -0.4 is 5.32 Å². The van der Waals surface area contributed by atoms with Gasteiger partial charge in [0.25, 0.3) is 0 Å². The zero-order valence-electron chi connectivity index (χ0n) is 15.0. The summed E-state index contributed by atoms with van der Waals surface area (Å²) in [5.74, 6) is -0.111. The van der Waals surface area contributed by atoms with Crippen LogP contribution in [0.15, 0.2) is 23.1 Å². The maximum atomic E-state index is 13.0. The molecule has 152 valence electrons. The minimum absolute atomic E-state index is 0.0755. The van der Waals surface area contributed by atoms with Crippen LogP contribution in [-0.2, 0) is 21.0 Å². The second kappa shape index (κ2) is 8.36. The van der Waals surface area contributed by atoms with Crippen molar-refractivity contribution in [2.24, 2.45) is 11.8 Å². The molecule has 0 radical (unpaired) electrons. The van der Waals surface area contributed by atoms with Crippen molar-refractivity contribution in [3.63, 3.8) is 0 Å². The molecule has 1 aliphatic heterocycles. The number of alkyl halides is 3. The fraction of sp³-hybridized carbons (Fsp3) is 0.588. The van der Waals surface area contributed by atoms with E-state index in [1.165, 1.54) is 0 Å². The molecule has 0 aromatic heterocycles. The Morgan fingerprint density at radius 2 is 1.89 bits per heavy atom. The molecule has 0 aliphatic carbocycles. The normalized spacial score (nSPS) is 17.3. The molecule has 0 spiro atoms. The highest BCUT2D eigenvalue weighted by Gasteiger charge is 2.37. The first-order chi connectivity index (χ1) is 12.4. The van der Waals surface area contributed by atoms with Gasteiger partial charge in [-0.15, -0.1) is 0 Å². The van der Waals surface area contributed by atoms with E-state index >= 15 is 0 Å². The summed E-state index contributed by atoms with van der Waals surface area (Å²) in [6.45, 7) is 4.63. The lowest BCUT2D eigenvalue weighted by molar-refractivity contribution is -0.137. The largest absolute Gasteiger partial charge is 0.417 e. The highest BCUT2D eigenvalue weighted by atomic mass is 35.5. The number of carbonyl (C=O) groups excluding carboxylic acids is 1. The first-order valence-electron chi connectivity index (χ1n) is 8.57. The zero-order chi connectivity index (χ0) is 20.4. The fourth-order valence-electron chi connectivity index (χ4n) is 2.84. The number of amides is 1. The number of halogens is 4. The van der Waals surface area contributed by atoms with Gasteiger partial charge in [-0.3, -0.25) is 4.79 Å². The average molecular weight is 427 g/mol. The van der Waals surface area contributed by atoms with Crippen LogP contribution in [0.2, 0.25) is 5.02 Å². The van der Waals surface area contributed by atoms with E-state index in [0.29, 0.717) is 31.4 Å². The second-order valence-electron chi connectivity index (χ2n) is 6.96. The Morgan fingerprint density at radius 3 is 2.41 bits per heavy atom. The molecule has 1 amide bonds. The van der Waals surface area contributed by atoms with Crippen LogP contribution >= 0.6 is 11.6 Å². The molecule has 1 saturated heterocycles. The van der Waals surface area contributed by atoms with Crippen molar-refractivity contribution in [3.05, 3.63) is 28.8 Å². The molecule has 1 fully saturated rings. The van der Waals surface area contributed by atoms with E-state index in [4.69, 9.17) is 11.6 Å². The average Bonchev–Trinajstić information content (AvgIpc) is 2.59. The van der Waals surface area contributed by atoms with Gasteiger partial charge in [0, 0.05) is 25.6 Å². The van der Waals surface area contributed by atoms with Gasteiger partial charge in [0.2, 0.25) is 15.9 Å². The molecule has 1 N–H and O–H groups in total. The number of hydrogen-bond acceptors (Lipinski definition) is 3. The lowest BCUT2D eigenvalue weighted by Gasteiger charge is -2.30. The third-order valence-corrected chi connectivity index (χ3v) is 6.61. The highest BCUT2D eigenvalue weighted by Crippen LogP contribution is 2.36. The summed E-state index contributed by atoms with van der Waals surface area (Å²) in [6.07, 6.45) is -4.10. The van der Waals surface area contributed by atoms with Crippen LogP contribution in [0.5, 0.6) is 0 Å². The Kier molecular flexibility index (Phi) is 6.81. The monoisotopic (exact) mass is 426 g/mol. The molecule has 2 rings (SSSR count). The summed E-state index contributed by atoms with van der Waals surface area (Å²) >= 11 is 5.55.